The first kappa shape index (κ1) is 13.4. The average Bonchev–Trinajstić information content (AvgIpc) is 2.53. The maximum absolute atomic E-state index is 3.73. The third-order valence-corrected chi connectivity index (χ3v) is 4.38. The zero-order valence-corrected chi connectivity index (χ0v) is 12.2. The molecule has 1 N–H and O–H groups in total. The lowest BCUT2D eigenvalue weighted by molar-refractivity contribution is 0.416. The highest BCUT2D eigenvalue weighted by molar-refractivity contribution is 5.86. The third kappa shape index (κ3) is 2.94. The Morgan fingerprint density at radius 1 is 1.10 bits per heavy atom. The topological polar surface area (TPSA) is 12.0 Å². The van der Waals surface area contributed by atoms with E-state index < -0.39 is 0 Å². The number of benzene rings is 2. The largest absolute Gasteiger partial charge is 0.310 e. The summed E-state index contributed by atoms with van der Waals surface area (Å²) < 4.78 is 0. The van der Waals surface area contributed by atoms with Crippen molar-refractivity contribution in [2.75, 3.05) is 6.54 Å². The Labute approximate surface area is 121 Å². The smallest absolute Gasteiger partial charge is 0.0298 e. The van der Waals surface area contributed by atoms with E-state index in [-0.39, 0.29) is 0 Å². The Morgan fingerprint density at radius 3 is 2.80 bits per heavy atom. The molecule has 1 aliphatic rings. The van der Waals surface area contributed by atoms with Crippen molar-refractivity contribution < 1.29 is 0 Å². The van der Waals surface area contributed by atoms with Gasteiger partial charge in [-0.1, -0.05) is 54.6 Å². The summed E-state index contributed by atoms with van der Waals surface area (Å²) in [5, 5.41) is 6.43. The van der Waals surface area contributed by atoms with Gasteiger partial charge in [0.25, 0.3) is 0 Å². The highest BCUT2D eigenvalue weighted by Crippen LogP contribution is 2.25. The van der Waals surface area contributed by atoms with Gasteiger partial charge >= 0.3 is 0 Å². The molecule has 1 heteroatoms. The molecule has 104 valence electrons. The number of fused-ring (bicyclic) bond motifs is 1. The molecule has 0 heterocycles. The van der Waals surface area contributed by atoms with Crippen LogP contribution >= 0.6 is 0 Å². The van der Waals surface area contributed by atoms with Gasteiger partial charge < -0.3 is 5.32 Å². The minimum absolute atomic E-state index is 0.409. The Balaban J connectivity index is 1.72. The van der Waals surface area contributed by atoms with E-state index in [2.05, 4.69) is 66.9 Å². The minimum atomic E-state index is 0.409. The molecule has 3 rings (SSSR count). The van der Waals surface area contributed by atoms with Gasteiger partial charge in [0.2, 0.25) is 0 Å². The minimum Gasteiger partial charge on any atom is -0.310 e. The van der Waals surface area contributed by atoms with Crippen molar-refractivity contribution in [2.45, 2.75) is 32.2 Å². The first-order valence-corrected chi connectivity index (χ1v) is 7.70. The molecule has 1 aliphatic carbocycles. The van der Waals surface area contributed by atoms with Crippen LogP contribution in [-0.2, 0) is 0 Å². The number of hydrogen-bond donors (Lipinski definition) is 1. The molecule has 2 unspecified atom stereocenters. The summed E-state index contributed by atoms with van der Waals surface area (Å²) in [5.74, 6) is 0.803. The fourth-order valence-corrected chi connectivity index (χ4v) is 3.12. The molecule has 2 aromatic carbocycles. The molecule has 0 aromatic heterocycles. The molecule has 20 heavy (non-hydrogen) atoms. The van der Waals surface area contributed by atoms with Crippen LogP contribution in [0.1, 0.15) is 37.8 Å². The maximum atomic E-state index is 3.73. The van der Waals surface area contributed by atoms with Crippen LogP contribution in [0.25, 0.3) is 10.8 Å². The van der Waals surface area contributed by atoms with E-state index in [0.29, 0.717) is 6.04 Å². The number of hydrogen-bond acceptors (Lipinski definition) is 1. The molecule has 0 radical (unpaired) electrons. The van der Waals surface area contributed by atoms with Crippen LogP contribution in [0.4, 0.5) is 0 Å². The monoisotopic (exact) mass is 265 g/mol. The first-order chi connectivity index (χ1) is 9.84. The van der Waals surface area contributed by atoms with Gasteiger partial charge in [0.15, 0.2) is 0 Å². The summed E-state index contributed by atoms with van der Waals surface area (Å²) in [6.07, 6.45) is 8.44. The summed E-state index contributed by atoms with van der Waals surface area (Å²) in [6.45, 7) is 3.40. The van der Waals surface area contributed by atoms with Crippen LogP contribution in [0.3, 0.4) is 0 Å². The maximum Gasteiger partial charge on any atom is 0.0298 e. The summed E-state index contributed by atoms with van der Waals surface area (Å²) in [4.78, 5) is 0. The molecule has 1 nitrogen and oxygen atoms in total. The van der Waals surface area contributed by atoms with Crippen molar-refractivity contribution in [3.05, 3.63) is 60.2 Å². The second kappa shape index (κ2) is 6.23. The predicted molar refractivity (Wildman–Crippen MR) is 86.8 cm³/mol. The van der Waals surface area contributed by atoms with E-state index in [0.717, 1.165) is 12.5 Å². The van der Waals surface area contributed by atoms with Crippen LogP contribution in [0.2, 0.25) is 0 Å². The van der Waals surface area contributed by atoms with Crippen molar-refractivity contribution in [3.8, 4) is 0 Å². The van der Waals surface area contributed by atoms with Crippen molar-refractivity contribution >= 4 is 10.8 Å². The van der Waals surface area contributed by atoms with E-state index in [1.54, 1.807) is 0 Å². The Hall–Kier alpha value is -1.60. The molecule has 0 fully saturated rings. The van der Waals surface area contributed by atoms with Crippen molar-refractivity contribution in [1.29, 1.82) is 0 Å². The van der Waals surface area contributed by atoms with E-state index in [4.69, 9.17) is 0 Å². The van der Waals surface area contributed by atoms with Crippen LogP contribution < -0.4 is 5.32 Å². The fraction of sp³-hybridized carbons (Fsp3) is 0.368. The molecule has 0 bridgehead atoms. The number of allylic oxidation sites excluding steroid dienone is 2. The van der Waals surface area contributed by atoms with E-state index in [1.807, 2.05) is 0 Å². The second-order valence-electron chi connectivity index (χ2n) is 5.85. The lowest BCUT2D eigenvalue weighted by atomic mass is 9.93. The lowest BCUT2D eigenvalue weighted by Crippen LogP contribution is -2.26. The van der Waals surface area contributed by atoms with Gasteiger partial charge in [-0.2, -0.15) is 0 Å². The Bertz CT molecular complexity index is 594. The van der Waals surface area contributed by atoms with E-state index in [1.165, 1.54) is 35.6 Å². The zero-order chi connectivity index (χ0) is 13.8. The van der Waals surface area contributed by atoms with Gasteiger partial charge in [0.1, 0.15) is 0 Å². The number of rotatable bonds is 4. The van der Waals surface area contributed by atoms with E-state index >= 15 is 0 Å². The molecule has 0 amide bonds. The normalized spacial score (nSPS) is 20.1. The van der Waals surface area contributed by atoms with Crippen LogP contribution in [0.5, 0.6) is 0 Å². The van der Waals surface area contributed by atoms with Crippen molar-refractivity contribution in [1.82, 2.24) is 5.32 Å². The van der Waals surface area contributed by atoms with Crippen LogP contribution in [-0.4, -0.2) is 6.54 Å². The van der Waals surface area contributed by atoms with Gasteiger partial charge in [0.05, 0.1) is 0 Å². The third-order valence-electron chi connectivity index (χ3n) is 4.38. The van der Waals surface area contributed by atoms with Crippen LogP contribution in [0.15, 0.2) is 54.6 Å². The van der Waals surface area contributed by atoms with Gasteiger partial charge in [-0.25, -0.2) is 0 Å². The summed E-state index contributed by atoms with van der Waals surface area (Å²) in [7, 11) is 0. The molecule has 0 aliphatic heterocycles. The SMILES string of the molecule is CC(NCC1CC=CCC1)c1cccc2ccccc12. The lowest BCUT2D eigenvalue weighted by Gasteiger charge is -2.22. The van der Waals surface area contributed by atoms with Crippen molar-refractivity contribution in [3.63, 3.8) is 0 Å². The zero-order valence-electron chi connectivity index (χ0n) is 12.2. The molecule has 0 saturated carbocycles. The molecule has 0 saturated heterocycles. The molecular weight excluding hydrogens is 242 g/mol. The standard InChI is InChI=1S/C19H23N/c1-15(20-14-16-8-3-2-4-9-16)18-13-7-11-17-10-5-6-12-19(17)18/h2-3,5-7,10-13,15-16,20H,4,8-9,14H2,1H3. The molecule has 0 spiro atoms. The molecule has 2 atom stereocenters. The van der Waals surface area contributed by atoms with Crippen molar-refractivity contribution in [2.24, 2.45) is 5.92 Å². The second-order valence-corrected chi connectivity index (χ2v) is 5.85. The Morgan fingerprint density at radius 2 is 1.95 bits per heavy atom. The summed E-state index contributed by atoms with van der Waals surface area (Å²) in [5.41, 5.74) is 1.41. The highest BCUT2D eigenvalue weighted by atomic mass is 14.9. The molecular formula is C19H23N. The highest BCUT2D eigenvalue weighted by Gasteiger charge is 2.13. The average molecular weight is 265 g/mol. The summed E-state index contributed by atoms with van der Waals surface area (Å²) in [6, 6.07) is 15.7. The fourth-order valence-electron chi connectivity index (χ4n) is 3.12. The van der Waals surface area contributed by atoms with Gasteiger partial charge in [-0.3, -0.25) is 0 Å². The summed E-state index contributed by atoms with van der Waals surface area (Å²) >= 11 is 0. The number of nitrogens with one attached hydrogen (secondary N) is 1. The van der Waals surface area contributed by atoms with E-state index in [9.17, 15) is 0 Å². The Kier molecular flexibility index (Phi) is 4.17. The van der Waals surface area contributed by atoms with Gasteiger partial charge in [-0.15, -0.1) is 0 Å². The van der Waals surface area contributed by atoms with Gasteiger partial charge in [0, 0.05) is 6.04 Å². The van der Waals surface area contributed by atoms with Gasteiger partial charge in [-0.05, 0) is 55.0 Å². The van der Waals surface area contributed by atoms with Crippen LogP contribution in [0, 0.1) is 5.92 Å². The first-order valence-electron chi connectivity index (χ1n) is 7.70. The predicted octanol–water partition coefficient (Wildman–Crippen LogP) is 4.85. The quantitative estimate of drug-likeness (QED) is 0.779. The molecule has 2 aromatic rings.